The van der Waals surface area contributed by atoms with Gasteiger partial charge in [-0.15, -0.1) is 0 Å². The molecule has 0 aromatic carbocycles. The van der Waals surface area contributed by atoms with Crippen molar-refractivity contribution in [3.05, 3.63) is 12.1 Å². The van der Waals surface area contributed by atoms with Gasteiger partial charge in [-0.1, -0.05) is 0 Å². The van der Waals surface area contributed by atoms with E-state index in [4.69, 9.17) is 10.5 Å². The van der Waals surface area contributed by atoms with Gasteiger partial charge in [0.25, 0.3) is 0 Å². The Bertz CT molecular complexity index is 379. The third-order valence-corrected chi connectivity index (χ3v) is 1.81. The minimum atomic E-state index is -0.135. The quantitative estimate of drug-likeness (QED) is 0.762. The van der Waals surface area contributed by atoms with Gasteiger partial charge in [0.15, 0.2) is 0 Å². The number of nitrogens with two attached hydrogens (primary N) is 1. The molecule has 0 aliphatic rings. The zero-order valence-corrected chi connectivity index (χ0v) is 9.65. The van der Waals surface area contributed by atoms with E-state index in [2.05, 4.69) is 10.3 Å². The number of nitrogens with zero attached hydrogens (tertiary/aromatic N) is 2. The highest BCUT2D eigenvalue weighted by atomic mass is 16.5. The minimum Gasteiger partial charge on any atom is -0.479 e. The van der Waals surface area contributed by atoms with Gasteiger partial charge in [-0.25, -0.2) is 0 Å². The molecular formula is C10H16N4O2. The molecule has 6 nitrogen and oxygen atoms in total. The molecule has 0 unspecified atom stereocenters. The first kappa shape index (κ1) is 12.3. The molecule has 0 saturated carbocycles. The van der Waals surface area contributed by atoms with Crippen LogP contribution in [-0.4, -0.2) is 43.5 Å². The predicted octanol–water partition coefficient (Wildman–Crippen LogP) is 0.172. The second-order valence-corrected chi connectivity index (χ2v) is 3.58. The largest absolute Gasteiger partial charge is 0.479 e. The number of anilines is 2. The van der Waals surface area contributed by atoms with Crippen LogP contribution < -0.4 is 15.8 Å². The van der Waals surface area contributed by atoms with Crippen molar-refractivity contribution in [1.82, 2.24) is 9.88 Å². The van der Waals surface area contributed by atoms with E-state index in [9.17, 15) is 4.79 Å². The Morgan fingerprint density at radius 3 is 2.81 bits per heavy atom. The summed E-state index contributed by atoms with van der Waals surface area (Å²) in [5, 5.41) is 2.65. The fourth-order valence-electron chi connectivity index (χ4n) is 1.15. The van der Waals surface area contributed by atoms with Gasteiger partial charge in [0.1, 0.15) is 5.82 Å². The van der Waals surface area contributed by atoms with E-state index >= 15 is 0 Å². The van der Waals surface area contributed by atoms with Crippen molar-refractivity contribution in [3.8, 4) is 5.88 Å². The van der Waals surface area contributed by atoms with Crippen molar-refractivity contribution >= 4 is 17.4 Å². The number of rotatable bonds is 4. The molecule has 0 atom stereocenters. The smallest absolute Gasteiger partial charge is 0.239 e. The molecule has 0 bridgehead atoms. The highest BCUT2D eigenvalue weighted by molar-refractivity contribution is 5.91. The molecule has 0 spiro atoms. The Hall–Kier alpha value is -1.82. The third-order valence-electron chi connectivity index (χ3n) is 1.81. The Balaban J connectivity index is 2.71. The average molecular weight is 224 g/mol. The van der Waals surface area contributed by atoms with Gasteiger partial charge in [0.2, 0.25) is 11.8 Å². The SMILES string of the molecule is COc1nc(NC(=O)CN(C)C)ccc1N. The summed E-state index contributed by atoms with van der Waals surface area (Å²) in [6.07, 6.45) is 0. The molecule has 0 aliphatic heterocycles. The standard InChI is InChI=1S/C10H16N4O2/c1-14(2)6-9(15)12-8-5-4-7(11)10(13-8)16-3/h4-5H,6,11H2,1-3H3,(H,12,13,15). The molecule has 0 fully saturated rings. The maximum Gasteiger partial charge on any atom is 0.239 e. The second kappa shape index (κ2) is 5.32. The average Bonchev–Trinajstić information content (AvgIpc) is 2.19. The van der Waals surface area contributed by atoms with E-state index in [1.54, 1.807) is 17.0 Å². The molecular weight excluding hydrogens is 208 g/mol. The number of pyridine rings is 1. The van der Waals surface area contributed by atoms with Crippen LogP contribution in [0.2, 0.25) is 0 Å². The maximum absolute atomic E-state index is 11.4. The monoisotopic (exact) mass is 224 g/mol. The van der Waals surface area contributed by atoms with Crippen molar-refractivity contribution in [2.75, 3.05) is 38.8 Å². The van der Waals surface area contributed by atoms with E-state index in [0.717, 1.165) is 0 Å². The van der Waals surface area contributed by atoms with E-state index < -0.39 is 0 Å². The van der Waals surface area contributed by atoms with Gasteiger partial charge in [-0.05, 0) is 26.2 Å². The number of likely N-dealkylation sites (N-methyl/N-ethyl adjacent to an activating group) is 1. The summed E-state index contributed by atoms with van der Waals surface area (Å²) in [5.41, 5.74) is 6.04. The number of carbonyl (C=O) groups is 1. The summed E-state index contributed by atoms with van der Waals surface area (Å²) >= 11 is 0. The van der Waals surface area contributed by atoms with Crippen LogP contribution in [-0.2, 0) is 4.79 Å². The molecule has 16 heavy (non-hydrogen) atoms. The van der Waals surface area contributed by atoms with Gasteiger partial charge in [-0.2, -0.15) is 4.98 Å². The number of methoxy groups -OCH3 is 1. The molecule has 1 rings (SSSR count). The summed E-state index contributed by atoms with van der Waals surface area (Å²) < 4.78 is 4.95. The first-order valence-electron chi connectivity index (χ1n) is 4.78. The minimum absolute atomic E-state index is 0.135. The van der Waals surface area contributed by atoms with Crippen molar-refractivity contribution in [2.45, 2.75) is 0 Å². The normalized spacial score (nSPS) is 10.2. The number of hydrogen-bond acceptors (Lipinski definition) is 5. The topological polar surface area (TPSA) is 80.5 Å². The zero-order valence-electron chi connectivity index (χ0n) is 9.65. The third kappa shape index (κ3) is 3.39. The summed E-state index contributed by atoms with van der Waals surface area (Å²) in [6.45, 7) is 0.300. The second-order valence-electron chi connectivity index (χ2n) is 3.58. The number of amides is 1. The molecule has 1 aromatic heterocycles. The van der Waals surface area contributed by atoms with E-state index in [1.165, 1.54) is 7.11 Å². The number of aromatic nitrogens is 1. The fraction of sp³-hybridized carbons (Fsp3) is 0.400. The van der Waals surface area contributed by atoms with Crippen LogP contribution in [0, 0.1) is 0 Å². The lowest BCUT2D eigenvalue weighted by molar-refractivity contribution is -0.116. The van der Waals surface area contributed by atoms with E-state index in [0.29, 0.717) is 23.9 Å². The van der Waals surface area contributed by atoms with Gasteiger partial charge < -0.3 is 20.7 Å². The molecule has 88 valence electrons. The predicted molar refractivity (Wildman–Crippen MR) is 62.4 cm³/mol. The van der Waals surface area contributed by atoms with Crippen molar-refractivity contribution in [2.24, 2.45) is 0 Å². The van der Waals surface area contributed by atoms with Gasteiger partial charge in [0, 0.05) is 0 Å². The van der Waals surface area contributed by atoms with Crippen LogP contribution in [0.15, 0.2) is 12.1 Å². The fourth-order valence-corrected chi connectivity index (χ4v) is 1.15. The molecule has 0 radical (unpaired) electrons. The number of ether oxygens (including phenoxy) is 1. The Labute approximate surface area is 94.4 Å². The number of nitrogen functional groups attached to an aromatic ring is 1. The van der Waals surface area contributed by atoms with E-state index in [1.807, 2.05) is 14.1 Å². The van der Waals surface area contributed by atoms with Crippen LogP contribution in [0.3, 0.4) is 0 Å². The maximum atomic E-state index is 11.4. The summed E-state index contributed by atoms with van der Waals surface area (Å²) in [6, 6.07) is 3.27. The first-order valence-corrected chi connectivity index (χ1v) is 4.78. The van der Waals surface area contributed by atoms with Crippen molar-refractivity contribution < 1.29 is 9.53 Å². The van der Waals surface area contributed by atoms with Crippen LogP contribution >= 0.6 is 0 Å². The molecule has 0 aliphatic carbocycles. The Morgan fingerprint density at radius 2 is 2.25 bits per heavy atom. The lowest BCUT2D eigenvalue weighted by Crippen LogP contribution is -2.27. The van der Waals surface area contributed by atoms with Gasteiger partial charge in [0.05, 0.1) is 19.3 Å². The highest BCUT2D eigenvalue weighted by Crippen LogP contribution is 2.19. The molecule has 1 heterocycles. The van der Waals surface area contributed by atoms with Crippen molar-refractivity contribution in [3.63, 3.8) is 0 Å². The van der Waals surface area contributed by atoms with Gasteiger partial charge >= 0.3 is 0 Å². The number of nitrogens with one attached hydrogen (secondary N) is 1. The lowest BCUT2D eigenvalue weighted by Gasteiger charge is -2.10. The molecule has 1 amide bonds. The van der Waals surface area contributed by atoms with Crippen LogP contribution in [0.5, 0.6) is 5.88 Å². The zero-order chi connectivity index (χ0) is 12.1. The van der Waals surface area contributed by atoms with Gasteiger partial charge in [-0.3, -0.25) is 4.79 Å². The molecule has 3 N–H and O–H groups in total. The van der Waals surface area contributed by atoms with Crippen molar-refractivity contribution in [1.29, 1.82) is 0 Å². The summed E-state index contributed by atoms with van der Waals surface area (Å²) in [5.74, 6) is 0.602. The molecule has 0 saturated heterocycles. The lowest BCUT2D eigenvalue weighted by atomic mass is 10.4. The van der Waals surface area contributed by atoms with Crippen LogP contribution in [0.4, 0.5) is 11.5 Å². The number of hydrogen-bond donors (Lipinski definition) is 2. The first-order chi connectivity index (χ1) is 7.52. The summed E-state index contributed by atoms with van der Waals surface area (Å²) in [4.78, 5) is 17.3. The van der Waals surface area contributed by atoms with Crippen LogP contribution in [0.1, 0.15) is 0 Å². The Morgan fingerprint density at radius 1 is 1.56 bits per heavy atom. The number of carbonyl (C=O) groups excluding carboxylic acids is 1. The highest BCUT2D eigenvalue weighted by Gasteiger charge is 2.07. The van der Waals surface area contributed by atoms with E-state index in [-0.39, 0.29) is 5.91 Å². The Kier molecular flexibility index (Phi) is 4.07. The van der Waals surface area contributed by atoms with Crippen LogP contribution in [0.25, 0.3) is 0 Å². The molecule has 6 heteroatoms. The molecule has 1 aromatic rings. The summed E-state index contributed by atoms with van der Waals surface area (Å²) in [7, 11) is 5.11.